The van der Waals surface area contributed by atoms with Crippen molar-refractivity contribution in [3.8, 4) is 0 Å². The number of hydrogen-bond acceptors (Lipinski definition) is 5. The lowest BCUT2D eigenvalue weighted by atomic mass is 10.3. The predicted octanol–water partition coefficient (Wildman–Crippen LogP) is 7.60. The molecule has 42 heavy (non-hydrogen) atoms. The zero-order chi connectivity index (χ0) is 33.8. The summed E-state index contributed by atoms with van der Waals surface area (Å²) in [7, 11) is 0. The second-order valence-corrected chi connectivity index (χ2v) is 7.65. The van der Waals surface area contributed by atoms with Crippen LogP contribution in [0.25, 0.3) is 0 Å². The molecule has 0 radical (unpaired) electrons. The molecule has 0 spiro atoms. The SMILES string of the molecule is CCCCOCC(COC(F)(F)C(F)OC(F)(F)C(F)(F)C(F)(F)F)OC(F)(F)C(F)OC(F)(F)C(F)(F)C(F)(F)F. The second kappa shape index (κ2) is 13.6. The summed E-state index contributed by atoms with van der Waals surface area (Å²) in [4.78, 5) is 0. The van der Waals surface area contributed by atoms with Gasteiger partial charge in [0, 0.05) is 6.61 Å². The molecule has 0 bridgehead atoms. The largest absolute Gasteiger partial charge is 0.462 e. The van der Waals surface area contributed by atoms with Gasteiger partial charge >= 0.3 is 48.6 Å². The van der Waals surface area contributed by atoms with Gasteiger partial charge in [0.1, 0.15) is 6.10 Å². The molecule has 0 fully saturated rings. The molecule has 0 aliphatic heterocycles. The van der Waals surface area contributed by atoms with Crippen molar-refractivity contribution in [3.63, 3.8) is 0 Å². The van der Waals surface area contributed by atoms with E-state index in [1.54, 1.807) is 0 Å². The fraction of sp³-hybridized carbons (Fsp3) is 1.00. The van der Waals surface area contributed by atoms with Gasteiger partial charge < -0.3 is 14.2 Å². The van der Waals surface area contributed by atoms with Crippen LogP contribution in [0.1, 0.15) is 19.8 Å². The Balaban J connectivity index is 5.78. The molecule has 25 heteroatoms. The van der Waals surface area contributed by atoms with Crippen molar-refractivity contribution < 1.29 is 111 Å². The zero-order valence-corrected chi connectivity index (χ0v) is 19.9. The Labute approximate surface area is 219 Å². The molecule has 0 rings (SSSR count). The van der Waals surface area contributed by atoms with Crippen molar-refractivity contribution >= 4 is 0 Å². The van der Waals surface area contributed by atoms with E-state index in [0.29, 0.717) is 0 Å². The number of ether oxygens (including phenoxy) is 5. The van der Waals surface area contributed by atoms with Crippen LogP contribution >= 0.6 is 0 Å². The van der Waals surface area contributed by atoms with Crippen LogP contribution in [0, 0.1) is 0 Å². The fourth-order valence-electron chi connectivity index (χ4n) is 2.00. The van der Waals surface area contributed by atoms with Gasteiger partial charge in [0.2, 0.25) is 0 Å². The summed E-state index contributed by atoms with van der Waals surface area (Å²) in [6.45, 7) is -3.01. The molecular weight excluding hydrogens is 664 g/mol. The van der Waals surface area contributed by atoms with E-state index in [1.807, 2.05) is 0 Å². The number of hydrogen-bond donors (Lipinski definition) is 0. The predicted molar refractivity (Wildman–Crippen MR) is 90.3 cm³/mol. The summed E-state index contributed by atoms with van der Waals surface area (Å²) in [5, 5.41) is 0. The third kappa shape index (κ3) is 9.97. The summed E-state index contributed by atoms with van der Waals surface area (Å²) in [5.74, 6) is -14.6. The summed E-state index contributed by atoms with van der Waals surface area (Å²) >= 11 is 0. The highest BCUT2D eigenvalue weighted by molar-refractivity contribution is 4.87. The highest BCUT2D eigenvalue weighted by atomic mass is 19.4. The molecular formula is C17H16F20O5. The average molecular weight is 680 g/mol. The van der Waals surface area contributed by atoms with Gasteiger partial charge in [-0.2, -0.15) is 79.0 Å². The summed E-state index contributed by atoms with van der Waals surface area (Å²) in [6.07, 6.45) is -53.9. The third-order valence-corrected chi connectivity index (χ3v) is 4.21. The molecule has 0 aliphatic rings. The van der Waals surface area contributed by atoms with Crippen molar-refractivity contribution in [3.05, 3.63) is 0 Å². The van der Waals surface area contributed by atoms with Gasteiger partial charge in [0.05, 0.1) is 13.2 Å². The lowest BCUT2D eigenvalue weighted by molar-refractivity contribution is -0.472. The van der Waals surface area contributed by atoms with Gasteiger partial charge in [-0.15, -0.1) is 0 Å². The zero-order valence-electron chi connectivity index (χ0n) is 19.9. The van der Waals surface area contributed by atoms with Gasteiger partial charge in [-0.05, 0) is 6.42 Å². The van der Waals surface area contributed by atoms with Crippen molar-refractivity contribution in [2.75, 3.05) is 19.8 Å². The van der Waals surface area contributed by atoms with Crippen LogP contribution in [-0.4, -0.2) is 87.3 Å². The van der Waals surface area contributed by atoms with Crippen molar-refractivity contribution in [1.82, 2.24) is 0 Å². The van der Waals surface area contributed by atoms with E-state index in [9.17, 15) is 87.8 Å². The molecule has 0 aromatic rings. The second-order valence-electron chi connectivity index (χ2n) is 7.65. The third-order valence-electron chi connectivity index (χ3n) is 4.21. The molecule has 0 aliphatic carbocycles. The first-order valence-electron chi connectivity index (χ1n) is 10.3. The first-order chi connectivity index (χ1) is 18.4. The molecule has 0 saturated heterocycles. The Morgan fingerprint density at radius 3 is 1.26 bits per heavy atom. The molecule has 5 nitrogen and oxygen atoms in total. The number of rotatable bonds is 18. The van der Waals surface area contributed by atoms with E-state index in [4.69, 9.17) is 0 Å². The molecule has 3 atom stereocenters. The number of unbranched alkanes of at least 4 members (excludes halogenated alkanes) is 1. The average Bonchev–Trinajstić information content (AvgIpc) is 2.77. The van der Waals surface area contributed by atoms with Crippen LogP contribution in [0.5, 0.6) is 0 Å². The standard InChI is InChI=1S/C17H16F20O5/c1-2-3-4-38-5-7(40-11(22,23)9(19)42-17(36,37)13(26,27)15(31,32)33)6-39-10(20,21)8(18)41-16(34,35)12(24,25)14(28,29)30/h7-9H,2-6H2,1H3. The van der Waals surface area contributed by atoms with Crippen LogP contribution in [0.3, 0.4) is 0 Å². The Morgan fingerprint density at radius 1 is 0.524 bits per heavy atom. The van der Waals surface area contributed by atoms with E-state index >= 15 is 0 Å². The Hall–Kier alpha value is -1.60. The maximum absolute atomic E-state index is 13.8. The van der Waals surface area contributed by atoms with E-state index in [-0.39, 0.29) is 12.8 Å². The molecule has 0 aromatic carbocycles. The highest BCUT2D eigenvalue weighted by Crippen LogP contribution is 2.50. The van der Waals surface area contributed by atoms with Gasteiger partial charge in [-0.1, -0.05) is 13.3 Å². The number of halogens is 20. The first-order valence-corrected chi connectivity index (χ1v) is 10.3. The van der Waals surface area contributed by atoms with Crippen LogP contribution in [-0.2, 0) is 23.7 Å². The Morgan fingerprint density at radius 2 is 0.905 bits per heavy atom. The van der Waals surface area contributed by atoms with Crippen molar-refractivity contribution in [2.45, 2.75) is 87.2 Å². The fourth-order valence-corrected chi connectivity index (χ4v) is 2.00. The van der Waals surface area contributed by atoms with E-state index < -0.39 is 87.3 Å². The lowest BCUT2D eigenvalue weighted by Gasteiger charge is -2.32. The summed E-state index contributed by atoms with van der Waals surface area (Å²) in [6, 6.07) is 0. The minimum atomic E-state index is -7.30. The number of alkyl halides is 20. The molecule has 0 saturated carbocycles. The van der Waals surface area contributed by atoms with Gasteiger partial charge in [-0.3, -0.25) is 9.47 Å². The molecule has 254 valence electrons. The van der Waals surface area contributed by atoms with Crippen molar-refractivity contribution in [2.24, 2.45) is 0 Å². The van der Waals surface area contributed by atoms with Crippen molar-refractivity contribution in [1.29, 1.82) is 0 Å². The Kier molecular flexibility index (Phi) is 13.1. The lowest BCUT2D eigenvalue weighted by Crippen LogP contribution is -2.56. The maximum Gasteiger partial charge on any atom is 0.462 e. The highest BCUT2D eigenvalue weighted by Gasteiger charge is 2.77. The Bertz CT molecular complexity index is 829. The van der Waals surface area contributed by atoms with Crippen LogP contribution < -0.4 is 0 Å². The van der Waals surface area contributed by atoms with E-state index in [0.717, 1.165) is 0 Å². The van der Waals surface area contributed by atoms with Gasteiger partial charge in [-0.25, -0.2) is 8.78 Å². The van der Waals surface area contributed by atoms with Gasteiger partial charge in [0.15, 0.2) is 0 Å². The minimum Gasteiger partial charge on any atom is -0.379 e. The maximum atomic E-state index is 13.8. The molecule has 0 aromatic heterocycles. The van der Waals surface area contributed by atoms with Crippen LogP contribution in [0.2, 0.25) is 0 Å². The van der Waals surface area contributed by atoms with Gasteiger partial charge in [0.25, 0.3) is 12.7 Å². The quantitative estimate of drug-likeness (QED) is 0.110. The van der Waals surface area contributed by atoms with E-state index in [1.165, 1.54) is 6.92 Å². The van der Waals surface area contributed by atoms with Crippen LogP contribution in [0.15, 0.2) is 0 Å². The first kappa shape index (κ1) is 40.4. The normalized spacial score (nSPS) is 17.4. The summed E-state index contributed by atoms with van der Waals surface area (Å²) < 4.78 is 273. The molecule has 3 unspecified atom stereocenters. The minimum absolute atomic E-state index is 0.0244. The summed E-state index contributed by atoms with van der Waals surface area (Å²) in [5.41, 5.74) is 0. The molecule has 0 heterocycles. The monoisotopic (exact) mass is 680 g/mol. The molecule has 0 N–H and O–H groups in total. The topological polar surface area (TPSA) is 46.2 Å². The van der Waals surface area contributed by atoms with Crippen LogP contribution in [0.4, 0.5) is 87.8 Å². The smallest absolute Gasteiger partial charge is 0.379 e. The van der Waals surface area contributed by atoms with E-state index in [2.05, 4.69) is 23.7 Å². The molecule has 0 amide bonds.